The fourth-order valence-electron chi connectivity index (χ4n) is 1.71. The van der Waals surface area contributed by atoms with Crippen LogP contribution in [0.15, 0.2) is 42.9 Å². The topological polar surface area (TPSA) is 87.2 Å². The summed E-state index contributed by atoms with van der Waals surface area (Å²) in [5.74, 6) is -0.223. The quantitative estimate of drug-likeness (QED) is 0.895. The molecule has 0 bridgehead atoms. The zero-order chi connectivity index (χ0) is 15.9. The number of hydrogen-bond acceptors (Lipinski definition) is 4. The highest BCUT2D eigenvalue weighted by Gasteiger charge is 2.10. The second kappa shape index (κ2) is 7.16. The van der Waals surface area contributed by atoms with Crippen LogP contribution < -0.4 is 10.6 Å². The second-order valence-corrected chi connectivity index (χ2v) is 4.80. The number of pyridine rings is 2. The Kier molecular flexibility index (Phi) is 5.02. The van der Waals surface area contributed by atoms with Gasteiger partial charge in [0.15, 0.2) is 0 Å². The predicted octanol–water partition coefficient (Wildman–Crippen LogP) is 1.50. The van der Waals surface area contributed by atoms with E-state index in [1.807, 2.05) is 6.07 Å². The molecule has 7 heteroatoms. The molecule has 2 N–H and O–H groups in total. The van der Waals surface area contributed by atoms with Crippen molar-refractivity contribution in [1.29, 1.82) is 0 Å². The summed E-state index contributed by atoms with van der Waals surface area (Å²) in [4.78, 5) is 33.1. The number of amides is 3. The van der Waals surface area contributed by atoms with Crippen LogP contribution in [0.4, 0.5) is 10.5 Å². The number of aromatic nitrogens is 2. The lowest BCUT2D eigenvalue weighted by Crippen LogP contribution is -2.28. The highest BCUT2D eigenvalue weighted by Crippen LogP contribution is 2.09. The van der Waals surface area contributed by atoms with Gasteiger partial charge in [-0.15, -0.1) is 0 Å². The standard InChI is InChI=1S/C15H17N5O2/c1-20(2)14(21)13-8-12(5-7-17-13)19-15(22)18-10-11-4-3-6-16-9-11/h3-9H,10H2,1-2H3,(H2,17,18,19,22). The highest BCUT2D eigenvalue weighted by molar-refractivity contribution is 5.95. The summed E-state index contributed by atoms with van der Waals surface area (Å²) in [5, 5.41) is 5.38. The van der Waals surface area contributed by atoms with Crippen molar-refractivity contribution >= 4 is 17.6 Å². The van der Waals surface area contributed by atoms with E-state index in [-0.39, 0.29) is 17.6 Å². The summed E-state index contributed by atoms with van der Waals surface area (Å²) in [6.07, 6.45) is 4.83. The summed E-state index contributed by atoms with van der Waals surface area (Å²) < 4.78 is 0. The number of carbonyl (C=O) groups is 2. The maximum absolute atomic E-state index is 11.8. The van der Waals surface area contributed by atoms with Crippen molar-refractivity contribution in [1.82, 2.24) is 20.2 Å². The van der Waals surface area contributed by atoms with Crippen molar-refractivity contribution in [3.8, 4) is 0 Å². The Balaban J connectivity index is 1.94. The Morgan fingerprint density at radius 3 is 2.73 bits per heavy atom. The molecule has 0 aliphatic carbocycles. The first-order chi connectivity index (χ1) is 10.6. The molecule has 22 heavy (non-hydrogen) atoms. The minimum Gasteiger partial charge on any atom is -0.343 e. The van der Waals surface area contributed by atoms with Crippen molar-refractivity contribution in [3.05, 3.63) is 54.1 Å². The average molecular weight is 299 g/mol. The molecule has 0 spiro atoms. The van der Waals surface area contributed by atoms with Gasteiger partial charge in [0.1, 0.15) is 5.69 Å². The summed E-state index contributed by atoms with van der Waals surface area (Å²) in [6.45, 7) is 0.369. The van der Waals surface area contributed by atoms with Crippen LogP contribution >= 0.6 is 0 Å². The lowest BCUT2D eigenvalue weighted by Gasteiger charge is -2.11. The third-order valence-electron chi connectivity index (χ3n) is 2.82. The molecular formula is C15H17N5O2. The predicted molar refractivity (Wildman–Crippen MR) is 82.3 cm³/mol. The van der Waals surface area contributed by atoms with E-state index in [9.17, 15) is 9.59 Å². The van der Waals surface area contributed by atoms with Gasteiger partial charge in [-0.2, -0.15) is 0 Å². The maximum atomic E-state index is 11.8. The van der Waals surface area contributed by atoms with Crippen LogP contribution in [0.1, 0.15) is 16.1 Å². The van der Waals surface area contributed by atoms with E-state index >= 15 is 0 Å². The van der Waals surface area contributed by atoms with Crippen molar-refractivity contribution in [2.45, 2.75) is 6.54 Å². The van der Waals surface area contributed by atoms with E-state index in [1.165, 1.54) is 17.2 Å². The number of anilines is 1. The summed E-state index contributed by atoms with van der Waals surface area (Å²) in [6, 6.07) is 6.46. The van der Waals surface area contributed by atoms with E-state index in [1.54, 1.807) is 38.6 Å². The van der Waals surface area contributed by atoms with Crippen LogP contribution in [-0.2, 0) is 6.54 Å². The molecule has 0 saturated heterocycles. The first-order valence-corrected chi connectivity index (χ1v) is 6.67. The fraction of sp³-hybridized carbons (Fsp3) is 0.200. The van der Waals surface area contributed by atoms with Crippen molar-refractivity contribution in [3.63, 3.8) is 0 Å². The molecule has 0 saturated carbocycles. The number of carbonyl (C=O) groups excluding carboxylic acids is 2. The highest BCUT2D eigenvalue weighted by atomic mass is 16.2. The molecule has 3 amide bonds. The van der Waals surface area contributed by atoms with Crippen molar-refractivity contribution in [2.75, 3.05) is 19.4 Å². The number of nitrogens with one attached hydrogen (secondary N) is 2. The normalized spacial score (nSPS) is 9.91. The smallest absolute Gasteiger partial charge is 0.319 e. The molecule has 0 aromatic carbocycles. The van der Waals surface area contributed by atoms with Crippen molar-refractivity contribution in [2.24, 2.45) is 0 Å². The number of hydrogen-bond donors (Lipinski definition) is 2. The lowest BCUT2D eigenvalue weighted by molar-refractivity contribution is 0.0822. The van der Waals surface area contributed by atoms with Gasteiger partial charge >= 0.3 is 6.03 Å². The third-order valence-corrected chi connectivity index (χ3v) is 2.82. The monoisotopic (exact) mass is 299 g/mol. The molecule has 2 heterocycles. The minimum absolute atomic E-state index is 0.223. The number of nitrogens with zero attached hydrogens (tertiary/aromatic N) is 3. The Morgan fingerprint density at radius 1 is 1.23 bits per heavy atom. The van der Waals surface area contributed by atoms with Gasteiger partial charge < -0.3 is 15.5 Å². The first kappa shape index (κ1) is 15.4. The van der Waals surface area contributed by atoms with E-state index in [4.69, 9.17) is 0 Å². The summed E-state index contributed by atoms with van der Waals surface area (Å²) in [7, 11) is 3.29. The fourth-order valence-corrected chi connectivity index (χ4v) is 1.71. The van der Waals surface area contributed by atoms with Gasteiger partial charge in [-0.05, 0) is 23.8 Å². The number of urea groups is 1. The van der Waals surface area contributed by atoms with Gasteiger partial charge in [-0.25, -0.2) is 4.79 Å². The zero-order valence-corrected chi connectivity index (χ0v) is 12.4. The van der Waals surface area contributed by atoms with Crippen LogP contribution in [0.25, 0.3) is 0 Å². The zero-order valence-electron chi connectivity index (χ0n) is 12.4. The SMILES string of the molecule is CN(C)C(=O)c1cc(NC(=O)NCc2cccnc2)ccn1. The molecule has 2 rings (SSSR count). The molecule has 0 unspecified atom stereocenters. The molecule has 114 valence electrons. The number of rotatable bonds is 4. The molecule has 0 fully saturated rings. The van der Waals surface area contributed by atoms with E-state index in [0.717, 1.165) is 5.56 Å². The molecule has 0 radical (unpaired) electrons. The Bertz CT molecular complexity index is 658. The van der Waals surface area contributed by atoms with Gasteiger partial charge in [0.2, 0.25) is 0 Å². The molecule has 0 aliphatic heterocycles. The summed E-state index contributed by atoms with van der Waals surface area (Å²) >= 11 is 0. The van der Waals surface area contributed by atoms with Crippen molar-refractivity contribution < 1.29 is 9.59 Å². The average Bonchev–Trinajstić information content (AvgIpc) is 2.53. The van der Waals surface area contributed by atoms with Gasteiger partial charge in [-0.3, -0.25) is 14.8 Å². The van der Waals surface area contributed by atoms with Gasteiger partial charge in [0.25, 0.3) is 5.91 Å². The maximum Gasteiger partial charge on any atom is 0.319 e. The molecule has 7 nitrogen and oxygen atoms in total. The lowest BCUT2D eigenvalue weighted by atomic mass is 10.3. The van der Waals surface area contributed by atoms with E-state index in [2.05, 4.69) is 20.6 Å². The van der Waals surface area contributed by atoms with Gasteiger partial charge in [0.05, 0.1) is 0 Å². The Labute approximate surface area is 128 Å². The molecule has 2 aromatic heterocycles. The summed E-state index contributed by atoms with van der Waals surface area (Å²) in [5.41, 5.74) is 1.68. The molecule has 0 atom stereocenters. The molecule has 2 aromatic rings. The molecule has 0 aliphatic rings. The van der Waals surface area contributed by atoms with E-state index < -0.39 is 0 Å². The van der Waals surface area contributed by atoms with Gasteiger partial charge in [-0.1, -0.05) is 6.07 Å². The van der Waals surface area contributed by atoms with Crippen LogP contribution in [0, 0.1) is 0 Å². The van der Waals surface area contributed by atoms with Crippen LogP contribution in [0.2, 0.25) is 0 Å². The van der Waals surface area contributed by atoms with Crippen LogP contribution in [0.3, 0.4) is 0 Å². The minimum atomic E-state index is -0.363. The van der Waals surface area contributed by atoms with E-state index in [0.29, 0.717) is 12.2 Å². The van der Waals surface area contributed by atoms with Crippen LogP contribution in [-0.4, -0.2) is 40.9 Å². The third kappa shape index (κ3) is 4.27. The molecular weight excluding hydrogens is 282 g/mol. The Morgan fingerprint density at radius 2 is 2.05 bits per heavy atom. The second-order valence-electron chi connectivity index (χ2n) is 4.80. The van der Waals surface area contributed by atoms with Crippen LogP contribution in [0.5, 0.6) is 0 Å². The largest absolute Gasteiger partial charge is 0.343 e. The van der Waals surface area contributed by atoms with Gasteiger partial charge in [0, 0.05) is 44.9 Å². The first-order valence-electron chi connectivity index (χ1n) is 6.67. The Hall–Kier alpha value is -2.96.